The topological polar surface area (TPSA) is 75.4 Å². The lowest BCUT2D eigenvalue weighted by Gasteiger charge is -2.32. The second kappa shape index (κ2) is 7.89. The first-order valence-corrected chi connectivity index (χ1v) is 7.70. The van der Waals surface area contributed by atoms with Crippen molar-refractivity contribution in [3.05, 3.63) is 35.4 Å². The van der Waals surface area contributed by atoms with E-state index in [0.717, 1.165) is 31.0 Å². The highest BCUT2D eigenvalue weighted by Crippen LogP contribution is 2.19. The van der Waals surface area contributed by atoms with Gasteiger partial charge >= 0.3 is 6.03 Å². The van der Waals surface area contributed by atoms with Gasteiger partial charge in [0, 0.05) is 26.1 Å². The van der Waals surface area contributed by atoms with Crippen LogP contribution in [0.5, 0.6) is 0 Å². The normalized spacial score (nSPS) is 17.8. The summed E-state index contributed by atoms with van der Waals surface area (Å²) >= 11 is 0. The van der Waals surface area contributed by atoms with Crippen LogP contribution in [0.25, 0.3) is 0 Å². The molecule has 0 aromatic heterocycles. The van der Waals surface area contributed by atoms with Crippen LogP contribution < -0.4 is 11.1 Å². The second-order valence-corrected chi connectivity index (χ2v) is 5.84. The Morgan fingerprint density at radius 2 is 2.13 bits per heavy atom. The predicted molar refractivity (Wildman–Crippen MR) is 81.6 cm³/mol. The van der Waals surface area contributed by atoms with Crippen molar-refractivity contribution in [2.75, 3.05) is 19.6 Å². The highest BCUT2D eigenvalue weighted by Gasteiger charge is 2.24. The first-order chi connectivity index (χ1) is 11.0. The number of benzene rings is 1. The minimum absolute atomic E-state index is 0.0904. The Morgan fingerprint density at radius 1 is 1.35 bits per heavy atom. The zero-order chi connectivity index (χ0) is 16.8. The van der Waals surface area contributed by atoms with Gasteiger partial charge in [-0.15, -0.1) is 0 Å². The molecule has 3 amide bonds. The molecule has 1 fully saturated rings. The zero-order valence-corrected chi connectivity index (χ0v) is 12.9. The van der Waals surface area contributed by atoms with Crippen LogP contribution in [0.1, 0.15) is 24.8 Å². The van der Waals surface area contributed by atoms with Crippen molar-refractivity contribution in [2.24, 2.45) is 11.7 Å². The minimum atomic E-state index is -0.502. The average molecular weight is 325 g/mol. The number of likely N-dealkylation sites (tertiary alicyclic amines) is 1. The fraction of sp³-hybridized carbons (Fsp3) is 0.500. The van der Waals surface area contributed by atoms with Crippen LogP contribution in [-0.4, -0.2) is 36.5 Å². The van der Waals surface area contributed by atoms with Crippen molar-refractivity contribution in [1.29, 1.82) is 0 Å². The van der Waals surface area contributed by atoms with Gasteiger partial charge in [-0.25, -0.2) is 13.6 Å². The van der Waals surface area contributed by atoms with Gasteiger partial charge in [0.15, 0.2) is 0 Å². The largest absolute Gasteiger partial charge is 0.370 e. The molecule has 23 heavy (non-hydrogen) atoms. The summed E-state index contributed by atoms with van der Waals surface area (Å²) < 4.78 is 26.6. The van der Waals surface area contributed by atoms with Crippen LogP contribution in [0.3, 0.4) is 0 Å². The molecular weight excluding hydrogens is 304 g/mol. The van der Waals surface area contributed by atoms with Crippen LogP contribution in [0, 0.1) is 17.6 Å². The van der Waals surface area contributed by atoms with Crippen LogP contribution in [-0.2, 0) is 11.2 Å². The van der Waals surface area contributed by atoms with E-state index in [1.54, 1.807) is 4.90 Å². The first-order valence-electron chi connectivity index (χ1n) is 7.70. The number of rotatable bonds is 5. The Balaban J connectivity index is 1.80. The number of carbonyl (C=O) groups excluding carboxylic acids is 2. The van der Waals surface area contributed by atoms with Gasteiger partial charge in [-0.05, 0) is 48.9 Å². The number of carbonyl (C=O) groups is 2. The Kier molecular flexibility index (Phi) is 5.90. The van der Waals surface area contributed by atoms with E-state index >= 15 is 0 Å². The first kappa shape index (κ1) is 17.2. The van der Waals surface area contributed by atoms with Gasteiger partial charge in [-0.2, -0.15) is 0 Å². The van der Waals surface area contributed by atoms with Crippen LogP contribution >= 0.6 is 0 Å². The molecule has 2 rings (SSSR count). The van der Waals surface area contributed by atoms with Crippen molar-refractivity contribution in [1.82, 2.24) is 10.2 Å². The Bertz CT molecular complexity index is 580. The molecule has 1 aromatic rings. The number of urea groups is 1. The van der Waals surface area contributed by atoms with E-state index in [-0.39, 0.29) is 42.8 Å². The highest BCUT2D eigenvalue weighted by molar-refractivity contribution is 5.75. The quantitative estimate of drug-likeness (QED) is 0.866. The maximum absolute atomic E-state index is 13.5. The molecule has 1 atom stereocenters. The number of hydrogen-bond donors (Lipinski definition) is 2. The molecule has 0 saturated carbocycles. The summed E-state index contributed by atoms with van der Waals surface area (Å²) in [5.41, 5.74) is 5.42. The molecule has 3 N–H and O–H groups in total. The molecule has 1 aliphatic rings. The van der Waals surface area contributed by atoms with E-state index in [4.69, 9.17) is 5.73 Å². The monoisotopic (exact) mass is 325 g/mol. The minimum Gasteiger partial charge on any atom is -0.370 e. The third-order valence-corrected chi connectivity index (χ3v) is 3.97. The van der Waals surface area contributed by atoms with Crippen molar-refractivity contribution >= 4 is 11.9 Å². The fourth-order valence-corrected chi connectivity index (χ4v) is 2.85. The lowest BCUT2D eigenvalue weighted by molar-refractivity contribution is -0.119. The third-order valence-electron chi connectivity index (χ3n) is 3.97. The van der Waals surface area contributed by atoms with Gasteiger partial charge in [0.05, 0.1) is 0 Å². The van der Waals surface area contributed by atoms with Crippen LogP contribution in [0.15, 0.2) is 18.2 Å². The molecule has 1 saturated heterocycles. The van der Waals surface area contributed by atoms with E-state index in [1.165, 1.54) is 0 Å². The molecule has 126 valence electrons. The number of nitrogens with zero attached hydrogens (tertiary/aromatic N) is 1. The van der Waals surface area contributed by atoms with Crippen molar-refractivity contribution in [3.63, 3.8) is 0 Å². The van der Waals surface area contributed by atoms with E-state index in [0.29, 0.717) is 13.1 Å². The molecule has 0 spiro atoms. The predicted octanol–water partition coefficient (Wildman–Crippen LogP) is 1.80. The smallest absolute Gasteiger partial charge is 0.317 e. The zero-order valence-electron chi connectivity index (χ0n) is 12.9. The molecule has 0 aliphatic carbocycles. The van der Waals surface area contributed by atoms with Gasteiger partial charge in [-0.1, -0.05) is 0 Å². The van der Waals surface area contributed by atoms with Crippen LogP contribution in [0.4, 0.5) is 13.6 Å². The van der Waals surface area contributed by atoms with E-state index < -0.39 is 11.6 Å². The van der Waals surface area contributed by atoms with E-state index in [2.05, 4.69) is 5.32 Å². The maximum Gasteiger partial charge on any atom is 0.317 e. The number of piperidine rings is 1. The molecule has 1 aromatic carbocycles. The average Bonchev–Trinajstić information content (AvgIpc) is 2.50. The summed E-state index contributed by atoms with van der Waals surface area (Å²) in [6.45, 7) is 1.33. The molecule has 0 unspecified atom stereocenters. The molecule has 0 radical (unpaired) electrons. The Hall–Kier alpha value is -2.18. The standard InChI is InChI=1S/C16H21F2N3O2/c17-13-3-4-14(18)12(9-13)5-6-20-16(23)21-7-1-2-11(10-21)8-15(19)22/h3-4,9,11H,1-2,5-8,10H2,(H2,19,22)(H,20,23)/t11-/m0/s1. The van der Waals surface area contributed by atoms with Crippen LogP contribution in [0.2, 0.25) is 0 Å². The van der Waals surface area contributed by atoms with E-state index in [9.17, 15) is 18.4 Å². The van der Waals surface area contributed by atoms with Gasteiger partial charge in [0.2, 0.25) is 5.91 Å². The number of halogens is 2. The van der Waals surface area contributed by atoms with Crippen molar-refractivity contribution < 1.29 is 18.4 Å². The van der Waals surface area contributed by atoms with Crippen molar-refractivity contribution in [2.45, 2.75) is 25.7 Å². The number of primary amides is 1. The SMILES string of the molecule is NC(=O)C[C@@H]1CCCN(C(=O)NCCc2cc(F)ccc2F)C1. The second-order valence-electron chi connectivity index (χ2n) is 5.84. The summed E-state index contributed by atoms with van der Waals surface area (Å²) in [5.74, 6) is -1.26. The number of nitrogens with two attached hydrogens (primary N) is 1. The molecular formula is C16H21F2N3O2. The molecule has 0 bridgehead atoms. The molecule has 7 heteroatoms. The van der Waals surface area contributed by atoms with Crippen molar-refractivity contribution in [3.8, 4) is 0 Å². The lowest BCUT2D eigenvalue weighted by atomic mass is 9.95. The molecule has 1 heterocycles. The Labute approximate surface area is 133 Å². The Morgan fingerprint density at radius 3 is 2.87 bits per heavy atom. The number of hydrogen-bond acceptors (Lipinski definition) is 2. The molecule has 1 aliphatic heterocycles. The molecule has 5 nitrogen and oxygen atoms in total. The maximum atomic E-state index is 13.5. The summed E-state index contributed by atoms with van der Waals surface area (Å²) in [6.07, 6.45) is 2.19. The number of amides is 3. The van der Waals surface area contributed by atoms with Gasteiger partial charge in [0.25, 0.3) is 0 Å². The summed E-state index contributed by atoms with van der Waals surface area (Å²) in [7, 11) is 0. The highest BCUT2D eigenvalue weighted by atomic mass is 19.1. The van der Waals surface area contributed by atoms with E-state index in [1.807, 2.05) is 0 Å². The van der Waals surface area contributed by atoms with Gasteiger partial charge in [0.1, 0.15) is 11.6 Å². The fourth-order valence-electron chi connectivity index (χ4n) is 2.85. The van der Waals surface area contributed by atoms with Gasteiger partial charge < -0.3 is 16.0 Å². The summed E-state index contributed by atoms with van der Waals surface area (Å²) in [6, 6.07) is 3.01. The summed E-state index contributed by atoms with van der Waals surface area (Å²) in [5, 5.41) is 2.70. The van der Waals surface area contributed by atoms with Gasteiger partial charge in [-0.3, -0.25) is 4.79 Å². The lowest BCUT2D eigenvalue weighted by Crippen LogP contribution is -2.46. The number of nitrogens with one attached hydrogen (secondary N) is 1. The third kappa shape index (κ3) is 5.19. The summed E-state index contributed by atoms with van der Waals surface area (Å²) in [4.78, 5) is 24.7.